The van der Waals surface area contributed by atoms with E-state index in [9.17, 15) is 9.90 Å². The molecule has 4 nitrogen and oxygen atoms in total. The third-order valence-electron chi connectivity index (χ3n) is 3.60. The Morgan fingerprint density at radius 3 is 2.41 bits per heavy atom. The Hall–Kier alpha value is -1.20. The molecule has 122 valence electrons. The van der Waals surface area contributed by atoms with Gasteiger partial charge >= 0.3 is 6.09 Å². The summed E-state index contributed by atoms with van der Waals surface area (Å²) in [7, 11) is 0. The van der Waals surface area contributed by atoms with Gasteiger partial charge in [-0.05, 0) is 45.7 Å². The van der Waals surface area contributed by atoms with Gasteiger partial charge in [0.2, 0.25) is 0 Å². The Morgan fingerprint density at radius 2 is 1.86 bits per heavy atom. The van der Waals surface area contributed by atoms with Crippen molar-refractivity contribution >= 4 is 17.9 Å². The normalized spacial score (nSPS) is 18.1. The Labute approximate surface area is 136 Å². The molecule has 22 heavy (non-hydrogen) atoms. The first-order chi connectivity index (χ1) is 10.3. The zero-order valence-corrected chi connectivity index (χ0v) is 14.4. The molecule has 1 fully saturated rings. The summed E-state index contributed by atoms with van der Waals surface area (Å²) in [4.78, 5) is 14.9. The van der Waals surface area contributed by atoms with Crippen LogP contribution in [0.2, 0.25) is 0 Å². The lowest BCUT2D eigenvalue weighted by Gasteiger charge is -2.38. The van der Waals surface area contributed by atoms with E-state index >= 15 is 0 Å². The molecule has 0 saturated carbocycles. The lowest BCUT2D eigenvalue weighted by molar-refractivity contribution is -0.0190. The zero-order chi connectivity index (χ0) is 16.2. The standard InChI is InChI=1S/C17H25NO3S/c1-16(2,3)21-15(19)18-11-9-17(20,10-12-18)13-22-14-7-5-4-6-8-14/h4-8,20H,9-13H2,1-3H3. The predicted molar refractivity (Wildman–Crippen MR) is 89.2 cm³/mol. The van der Waals surface area contributed by atoms with E-state index in [-0.39, 0.29) is 6.09 Å². The summed E-state index contributed by atoms with van der Waals surface area (Å²) in [6.45, 7) is 6.67. The number of hydrogen-bond acceptors (Lipinski definition) is 4. The molecule has 1 saturated heterocycles. The van der Waals surface area contributed by atoms with Crippen molar-refractivity contribution in [2.45, 2.75) is 49.7 Å². The minimum absolute atomic E-state index is 0.287. The first kappa shape index (κ1) is 17.2. The van der Waals surface area contributed by atoms with Crippen LogP contribution in [0, 0.1) is 0 Å². The van der Waals surface area contributed by atoms with Crippen molar-refractivity contribution in [2.75, 3.05) is 18.8 Å². The number of hydrogen-bond donors (Lipinski definition) is 1. The summed E-state index contributed by atoms with van der Waals surface area (Å²) < 4.78 is 5.37. The summed E-state index contributed by atoms with van der Waals surface area (Å²) in [5, 5.41) is 10.7. The van der Waals surface area contributed by atoms with E-state index in [0.717, 1.165) is 4.90 Å². The largest absolute Gasteiger partial charge is 0.444 e. The molecule has 1 heterocycles. The van der Waals surface area contributed by atoms with Crippen molar-refractivity contribution in [2.24, 2.45) is 0 Å². The first-order valence-corrected chi connectivity index (χ1v) is 8.64. The minimum atomic E-state index is -0.709. The maximum Gasteiger partial charge on any atom is 0.410 e. The van der Waals surface area contributed by atoms with Crippen LogP contribution < -0.4 is 0 Å². The lowest BCUT2D eigenvalue weighted by Crippen LogP contribution is -2.49. The molecule has 0 bridgehead atoms. The van der Waals surface area contributed by atoms with Crippen LogP contribution in [0.5, 0.6) is 0 Å². The molecule has 0 atom stereocenters. The topological polar surface area (TPSA) is 49.8 Å². The van der Waals surface area contributed by atoms with Gasteiger partial charge in [0, 0.05) is 23.7 Å². The van der Waals surface area contributed by atoms with E-state index in [1.807, 2.05) is 51.1 Å². The molecule has 1 aromatic rings. The SMILES string of the molecule is CC(C)(C)OC(=O)N1CCC(O)(CSc2ccccc2)CC1. The lowest BCUT2D eigenvalue weighted by atomic mass is 9.94. The van der Waals surface area contributed by atoms with Gasteiger partial charge < -0.3 is 14.7 Å². The highest BCUT2D eigenvalue weighted by Gasteiger charge is 2.35. The van der Waals surface area contributed by atoms with E-state index in [0.29, 0.717) is 31.7 Å². The quantitative estimate of drug-likeness (QED) is 0.865. The number of ether oxygens (including phenoxy) is 1. The number of likely N-dealkylation sites (tertiary alicyclic amines) is 1. The van der Waals surface area contributed by atoms with Crippen LogP contribution in [0.4, 0.5) is 4.79 Å². The zero-order valence-electron chi connectivity index (χ0n) is 13.5. The molecule has 0 radical (unpaired) electrons. The van der Waals surface area contributed by atoms with Crippen LogP contribution in [0.25, 0.3) is 0 Å². The number of carbonyl (C=O) groups excluding carboxylic acids is 1. The van der Waals surface area contributed by atoms with Crippen LogP contribution in [0.3, 0.4) is 0 Å². The highest BCUT2D eigenvalue weighted by molar-refractivity contribution is 7.99. The number of nitrogens with zero attached hydrogens (tertiary/aromatic N) is 1. The molecular formula is C17H25NO3S. The number of amides is 1. The molecule has 0 aromatic heterocycles. The number of rotatable bonds is 3. The van der Waals surface area contributed by atoms with Crippen LogP contribution in [-0.2, 0) is 4.74 Å². The van der Waals surface area contributed by atoms with Gasteiger partial charge in [0.15, 0.2) is 0 Å². The summed E-state index contributed by atoms with van der Waals surface area (Å²) >= 11 is 1.66. The second-order valence-corrected chi connectivity index (χ2v) is 7.84. The minimum Gasteiger partial charge on any atom is -0.444 e. The van der Waals surface area contributed by atoms with Gasteiger partial charge in [-0.25, -0.2) is 4.79 Å². The fourth-order valence-electron chi connectivity index (χ4n) is 2.31. The Morgan fingerprint density at radius 1 is 1.27 bits per heavy atom. The molecular weight excluding hydrogens is 298 g/mol. The summed E-state index contributed by atoms with van der Waals surface area (Å²) in [5.74, 6) is 0.652. The molecule has 2 rings (SSSR count). The molecule has 5 heteroatoms. The Kier molecular flexibility index (Phi) is 5.40. The van der Waals surface area contributed by atoms with Crippen LogP contribution in [0.1, 0.15) is 33.6 Å². The van der Waals surface area contributed by atoms with Gasteiger partial charge in [0.25, 0.3) is 0 Å². The maximum atomic E-state index is 12.0. The molecule has 1 aliphatic rings. The monoisotopic (exact) mass is 323 g/mol. The molecule has 1 aliphatic heterocycles. The van der Waals surface area contributed by atoms with E-state index in [1.54, 1.807) is 16.7 Å². The Bertz CT molecular complexity index is 490. The summed E-state index contributed by atoms with van der Waals surface area (Å²) in [6, 6.07) is 10.1. The van der Waals surface area contributed by atoms with E-state index in [2.05, 4.69) is 0 Å². The predicted octanol–water partition coefficient (Wildman–Crippen LogP) is 3.54. The average molecular weight is 323 g/mol. The first-order valence-electron chi connectivity index (χ1n) is 7.66. The van der Waals surface area contributed by atoms with Crippen molar-refractivity contribution in [1.82, 2.24) is 4.90 Å². The van der Waals surface area contributed by atoms with Gasteiger partial charge in [-0.15, -0.1) is 11.8 Å². The smallest absolute Gasteiger partial charge is 0.410 e. The number of aliphatic hydroxyl groups is 1. The van der Waals surface area contributed by atoms with E-state index in [1.165, 1.54) is 0 Å². The average Bonchev–Trinajstić information content (AvgIpc) is 2.45. The maximum absolute atomic E-state index is 12.0. The number of thioether (sulfide) groups is 1. The fraction of sp³-hybridized carbons (Fsp3) is 0.588. The molecule has 1 N–H and O–H groups in total. The van der Waals surface area contributed by atoms with Crippen LogP contribution in [0.15, 0.2) is 35.2 Å². The van der Waals surface area contributed by atoms with Crippen LogP contribution in [-0.4, -0.2) is 46.1 Å². The third-order valence-corrected chi connectivity index (χ3v) is 4.88. The van der Waals surface area contributed by atoms with Gasteiger partial charge in [0.1, 0.15) is 5.60 Å². The summed E-state index contributed by atoms with van der Waals surface area (Å²) in [6.07, 6.45) is 0.892. The molecule has 0 unspecified atom stereocenters. The molecule has 0 aliphatic carbocycles. The fourth-order valence-corrected chi connectivity index (χ4v) is 3.38. The van der Waals surface area contributed by atoms with Gasteiger partial charge in [-0.1, -0.05) is 18.2 Å². The van der Waals surface area contributed by atoms with Crippen molar-refractivity contribution < 1.29 is 14.6 Å². The highest BCUT2D eigenvalue weighted by atomic mass is 32.2. The second-order valence-electron chi connectivity index (χ2n) is 6.79. The van der Waals surface area contributed by atoms with Gasteiger partial charge in [-0.2, -0.15) is 0 Å². The number of benzene rings is 1. The number of piperidine rings is 1. The van der Waals surface area contributed by atoms with Crippen molar-refractivity contribution in [3.05, 3.63) is 30.3 Å². The van der Waals surface area contributed by atoms with Crippen molar-refractivity contribution in [3.8, 4) is 0 Å². The molecule has 0 spiro atoms. The van der Waals surface area contributed by atoms with Crippen LogP contribution >= 0.6 is 11.8 Å². The van der Waals surface area contributed by atoms with Gasteiger partial charge in [-0.3, -0.25) is 0 Å². The van der Waals surface area contributed by atoms with E-state index < -0.39 is 11.2 Å². The van der Waals surface area contributed by atoms with Crippen molar-refractivity contribution in [1.29, 1.82) is 0 Å². The van der Waals surface area contributed by atoms with Crippen molar-refractivity contribution in [3.63, 3.8) is 0 Å². The highest BCUT2D eigenvalue weighted by Crippen LogP contribution is 2.30. The number of carbonyl (C=O) groups is 1. The second kappa shape index (κ2) is 6.92. The van der Waals surface area contributed by atoms with E-state index in [4.69, 9.17) is 4.74 Å². The van der Waals surface area contributed by atoms with Gasteiger partial charge in [0.05, 0.1) is 5.60 Å². The summed E-state index contributed by atoms with van der Waals surface area (Å²) in [5.41, 5.74) is -1.19. The molecule has 1 amide bonds. The molecule has 1 aromatic carbocycles. The third kappa shape index (κ3) is 5.21. The Balaban J connectivity index is 1.81.